The quantitative estimate of drug-likeness (QED) is 0.214. The van der Waals surface area contributed by atoms with Crippen LogP contribution in [-0.4, -0.2) is 0 Å². The van der Waals surface area contributed by atoms with Crippen LogP contribution in [0.1, 0.15) is 104 Å². The molecule has 0 heteroatoms. The Labute approximate surface area is 128 Å². The summed E-state index contributed by atoms with van der Waals surface area (Å²) in [6, 6.07) is 0. The highest BCUT2D eigenvalue weighted by atomic mass is 14.0. The van der Waals surface area contributed by atoms with E-state index in [-0.39, 0.29) is 0 Å². The molecule has 0 bridgehead atoms. The highest BCUT2D eigenvalue weighted by Gasteiger charge is 1.92. The van der Waals surface area contributed by atoms with Gasteiger partial charge < -0.3 is 0 Å². The van der Waals surface area contributed by atoms with E-state index in [1.165, 1.54) is 77.0 Å². The molecule has 0 aliphatic carbocycles. The van der Waals surface area contributed by atoms with Gasteiger partial charge in [-0.05, 0) is 25.7 Å². The molecule has 0 atom stereocenters. The Kier molecular flexibility index (Phi) is 18.0. The van der Waals surface area contributed by atoms with Crippen LogP contribution in [0.25, 0.3) is 0 Å². The number of hydrogen-bond acceptors (Lipinski definition) is 0. The van der Waals surface area contributed by atoms with Gasteiger partial charge in [-0.15, -0.1) is 0 Å². The van der Waals surface area contributed by atoms with E-state index in [0.717, 1.165) is 12.8 Å². The lowest BCUT2D eigenvalue weighted by Gasteiger charge is -2.01. The Balaban J connectivity index is 3.04. The van der Waals surface area contributed by atoms with Gasteiger partial charge in [0, 0.05) is 0 Å². The number of allylic oxidation sites excluding steroid dienone is 4. The van der Waals surface area contributed by atoms with Crippen LogP contribution in [-0.2, 0) is 0 Å². The molecule has 20 heavy (non-hydrogen) atoms. The van der Waals surface area contributed by atoms with Crippen LogP contribution in [0.4, 0.5) is 0 Å². The lowest BCUT2D eigenvalue weighted by atomic mass is 10.1. The van der Waals surface area contributed by atoms with Crippen molar-refractivity contribution in [1.29, 1.82) is 0 Å². The standard InChI is InChI=1S/C20H38/c1-3-5-7-9-11-13-15-17-19-20-18-16-14-12-10-8-6-4-2/h5,7,11,13H,3-4,6,8-10,12,14-20H2,1-2H3. The first-order valence-electron chi connectivity index (χ1n) is 9.21. The van der Waals surface area contributed by atoms with E-state index < -0.39 is 0 Å². The summed E-state index contributed by atoms with van der Waals surface area (Å²) in [5.74, 6) is 0. The Bertz CT molecular complexity index is 212. The SMILES string of the molecule is CCC=CCC=CCCCCCCCCCCCCC. The van der Waals surface area contributed by atoms with E-state index in [2.05, 4.69) is 38.2 Å². The van der Waals surface area contributed by atoms with Gasteiger partial charge in [0.2, 0.25) is 0 Å². The van der Waals surface area contributed by atoms with Crippen molar-refractivity contribution in [2.45, 2.75) is 104 Å². The summed E-state index contributed by atoms with van der Waals surface area (Å²) in [4.78, 5) is 0. The molecular weight excluding hydrogens is 240 g/mol. The minimum Gasteiger partial charge on any atom is -0.0885 e. The first-order valence-corrected chi connectivity index (χ1v) is 9.21. The average molecular weight is 279 g/mol. The van der Waals surface area contributed by atoms with Crippen molar-refractivity contribution in [2.24, 2.45) is 0 Å². The van der Waals surface area contributed by atoms with Gasteiger partial charge in [0.25, 0.3) is 0 Å². The van der Waals surface area contributed by atoms with E-state index in [9.17, 15) is 0 Å². The molecule has 0 fully saturated rings. The topological polar surface area (TPSA) is 0 Å². The third-order valence-electron chi connectivity index (χ3n) is 3.82. The maximum Gasteiger partial charge on any atom is -0.0169 e. The molecule has 0 aromatic heterocycles. The Morgan fingerprint density at radius 1 is 0.500 bits per heavy atom. The summed E-state index contributed by atoms with van der Waals surface area (Å²) in [5, 5.41) is 0. The third kappa shape index (κ3) is 17.5. The molecule has 118 valence electrons. The number of hydrogen-bond donors (Lipinski definition) is 0. The van der Waals surface area contributed by atoms with Gasteiger partial charge in [0.1, 0.15) is 0 Å². The molecule has 0 N–H and O–H groups in total. The van der Waals surface area contributed by atoms with E-state index in [4.69, 9.17) is 0 Å². The summed E-state index contributed by atoms with van der Waals surface area (Å²) in [5.41, 5.74) is 0. The monoisotopic (exact) mass is 278 g/mol. The number of rotatable bonds is 15. The first-order chi connectivity index (χ1) is 9.91. The number of unbranched alkanes of at least 4 members (excludes halogenated alkanes) is 11. The molecule has 0 aromatic carbocycles. The fourth-order valence-corrected chi connectivity index (χ4v) is 2.48. The largest absolute Gasteiger partial charge is 0.0885 e. The van der Waals surface area contributed by atoms with Gasteiger partial charge in [-0.25, -0.2) is 0 Å². The third-order valence-corrected chi connectivity index (χ3v) is 3.82. The molecule has 0 aliphatic heterocycles. The van der Waals surface area contributed by atoms with E-state index in [1.807, 2.05) is 0 Å². The molecule has 0 nitrogen and oxygen atoms in total. The first kappa shape index (κ1) is 19.5. The van der Waals surface area contributed by atoms with Crippen molar-refractivity contribution >= 4 is 0 Å². The minimum absolute atomic E-state index is 1.12. The summed E-state index contributed by atoms with van der Waals surface area (Å²) in [6.07, 6.45) is 28.5. The summed E-state index contributed by atoms with van der Waals surface area (Å²) in [6.45, 7) is 4.47. The molecule has 0 unspecified atom stereocenters. The molecule has 0 radical (unpaired) electrons. The maximum absolute atomic E-state index is 2.35. The van der Waals surface area contributed by atoms with E-state index in [0.29, 0.717) is 0 Å². The smallest absolute Gasteiger partial charge is 0.0169 e. The highest BCUT2D eigenvalue weighted by Crippen LogP contribution is 2.12. The fraction of sp³-hybridized carbons (Fsp3) is 0.800. The van der Waals surface area contributed by atoms with Gasteiger partial charge in [0.05, 0.1) is 0 Å². The molecule has 0 saturated heterocycles. The van der Waals surface area contributed by atoms with Crippen molar-refractivity contribution in [2.75, 3.05) is 0 Å². The van der Waals surface area contributed by atoms with Gasteiger partial charge in [0.15, 0.2) is 0 Å². The summed E-state index contributed by atoms with van der Waals surface area (Å²) < 4.78 is 0. The minimum atomic E-state index is 1.12. The zero-order chi connectivity index (χ0) is 14.7. The molecule has 0 aromatic rings. The second-order valence-corrected chi connectivity index (χ2v) is 5.91. The van der Waals surface area contributed by atoms with Gasteiger partial charge in [-0.3, -0.25) is 0 Å². The van der Waals surface area contributed by atoms with E-state index >= 15 is 0 Å². The van der Waals surface area contributed by atoms with Gasteiger partial charge >= 0.3 is 0 Å². The Hall–Kier alpha value is -0.520. The molecule has 0 amide bonds. The van der Waals surface area contributed by atoms with Crippen molar-refractivity contribution in [3.8, 4) is 0 Å². The van der Waals surface area contributed by atoms with Gasteiger partial charge in [-0.1, -0.05) is 102 Å². The molecule has 0 rings (SSSR count). The van der Waals surface area contributed by atoms with Crippen molar-refractivity contribution in [3.05, 3.63) is 24.3 Å². The van der Waals surface area contributed by atoms with Crippen LogP contribution < -0.4 is 0 Å². The Morgan fingerprint density at radius 3 is 1.55 bits per heavy atom. The maximum atomic E-state index is 2.35. The summed E-state index contributed by atoms with van der Waals surface area (Å²) in [7, 11) is 0. The predicted octanol–water partition coefficient (Wildman–Crippen LogP) is 7.60. The van der Waals surface area contributed by atoms with Crippen LogP contribution in [0, 0.1) is 0 Å². The van der Waals surface area contributed by atoms with Crippen LogP contribution in [0.2, 0.25) is 0 Å². The second-order valence-electron chi connectivity index (χ2n) is 5.91. The molecular formula is C20H38. The second kappa shape index (κ2) is 18.5. The van der Waals surface area contributed by atoms with Gasteiger partial charge in [-0.2, -0.15) is 0 Å². The van der Waals surface area contributed by atoms with Crippen LogP contribution in [0.3, 0.4) is 0 Å². The van der Waals surface area contributed by atoms with Crippen LogP contribution in [0.15, 0.2) is 24.3 Å². The molecule has 0 saturated carbocycles. The summed E-state index contributed by atoms with van der Waals surface area (Å²) >= 11 is 0. The molecule has 0 aliphatic rings. The Morgan fingerprint density at radius 2 is 1.00 bits per heavy atom. The predicted molar refractivity (Wildman–Crippen MR) is 94.3 cm³/mol. The lowest BCUT2D eigenvalue weighted by Crippen LogP contribution is -1.81. The van der Waals surface area contributed by atoms with Crippen LogP contribution in [0.5, 0.6) is 0 Å². The zero-order valence-corrected chi connectivity index (χ0v) is 14.2. The molecule has 0 heterocycles. The van der Waals surface area contributed by atoms with E-state index in [1.54, 1.807) is 0 Å². The van der Waals surface area contributed by atoms with Crippen LogP contribution >= 0.6 is 0 Å². The fourth-order valence-electron chi connectivity index (χ4n) is 2.48. The average Bonchev–Trinajstić information content (AvgIpc) is 2.47. The zero-order valence-electron chi connectivity index (χ0n) is 14.2. The lowest BCUT2D eigenvalue weighted by molar-refractivity contribution is 0.550. The normalized spacial score (nSPS) is 11.9. The molecule has 0 spiro atoms. The van der Waals surface area contributed by atoms with Crippen molar-refractivity contribution < 1.29 is 0 Å². The van der Waals surface area contributed by atoms with Crippen molar-refractivity contribution in [3.63, 3.8) is 0 Å². The highest BCUT2D eigenvalue weighted by molar-refractivity contribution is 4.92. The van der Waals surface area contributed by atoms with Crippen molar-refractivity contribution in [1.82, 2.24) is 0 Å².